The van der Waals surface area contributed by atoms with Crippen molar-refractivity contribution in [1.29, 1.82) is 0 Å². The molecular formula is C10H14. The molecule has 0 atom stereocenters. The molecule has 0 unspecified atom stereocenters. The topological polar surface area (TPSA) is 0 Å². The summed E-state index contributed by atoms with van der Waals surface area (Å²) < 4.78 is 0. The minimum Gasteiger partial charge on any atom is -0.0990 e. The summed E-state index contributed by atoms with van der Waals surface area (Å²) in [6.45, 7) is 9.72. The Bertz CT molecular complexity index is 184. The van der Waals surface area contributed by atoms with Crippen LogP contribution in [0.5, 0.6) is 0 Å². The van der Waals surface area contributed by atoms with Crippen LogP contribution in [-0.2, 0) is 0 Å². The molecule has 0 amide bonds. The van der Waals surface area contributed by atoms with Crippen molar-refractivity contribution in [2.75, 3.05) is 0 Å². The van der Waals surface area contributed by atoms with Crippen LogP contribution >= 0.6 is 0 Å². The van der Waals surface area contributed by atoms with Crippen molar-refractivity contribution in [1.82, 2.24) is 0 Å². The van der Waals surface area contributed by atoms with Crippen LogP contribution in [-0.4, -0.2) is 0 Å². The van der Waals surface area contributed by atoms with E-state index in [4.69, 9.17) is 0 Å². The van der Waals surface area contributed by atoms with Gasteiger partial charge in [0.15, 0.2) is 0 Å². The zero-order valence-electron chi connectivity index (χ0n) is 6.94. The third-order valence-corrected chi connectivity index (χ3v) is 0.926. The van der Waals surface area contributed by atoms with E-state index in [9.17, 15) is 0 Å². The molecule has 0 aromatic heterocycles. The summed E-state index contributed by atoms with van der Waals surface area (Å²) in [4.78, 5) is 0. The normalized spacial score (nSPS) is 10.6. The monoisotopic (exact) mass is 134 g/mol. The molecule has 0 aliphatic heterocycles. The molecular weight excluding hydrogens is 120 g/mol. The molecule has 0 aromatic carbocycles. The van der Waals surface area contributed by atoms with Gasteiger partial charge in [-0.2, -0.15) is 0 Å². The Morgan fingerprint density at radius 1 is 1.50 bits per heavy atom. The fourth-order valence-corrected chi connectivity index (χ4v) is 0.477. The second-order valence-corrected chi connectivity index (χ2v) is 2.51. The first kappa shape index (κ1) is 9.04. The molecule has 54 valence electrons. The van der Waals surface area contributed by atoms with E-state index < -0.39 is 0 Å². The first-order valence-electron chi connectivity index (χ1n) is 3.47. The lowest BCUT2D eigenvalue weighted by Gasteiger charge is -1.87. The summed E-state index contributed by atoms with van der Waals surface area (Å²) in [6.07, 6.45) is 3.67. The largest absolute Gasteiger partial charge is 0.0990 e. The number of allylic oxidation sites excluding steroid dienone is 3. The van der Waals surface area contributed by atoms with Gasteiger partial charge in [-0.1, -0.05) is 44.4 Å². The zero-order chi connectivity index (χ0) is 7.98. The number of rotatable bonds is 1. The zero-order valence-corrected chi connectivity index (χ0v) is 6.94. The van der Waals surface area contributed by atoms with Crippen molar-refractivity contribution in [3.63, 3.8) is 0 Å². The Labute approximate surface area is 63.6 Å². The second kappa shape index (κ2) is 4.88. The van der Waals surface area contributed by atoms with Crippen molar-refractivity contribution in [3.8, 4) is 11.8 Å². The molecule has 0 heterocycles. The van der Waals surface area contributed by atoms with Gasteiger partial charge < -0.3 is 0 Å². The lowest BCUT2D eigenvalue weighted by molar-refractivity contribution is 0.866. The molecule has 0 rings (SSSR count). The van der Waals surface area contributed by atoms with Crippen LogP contribution in [0.4, 0.5) is 0 Å². The SMILES string of the molecule is C=C/C=C(\C)C#CC(C)C. The molecule has 0 nitrogen and oxygen atoms in total. The van der Waals surface area contributed by atoms with E-state index in [0.717, 1.165) is 5.57 Å². The van der Waals surface area contributed by atoms with Crippen molar-refractivity contribution in [3.05, 3.63) is 24.3 Å². The molecule has 0 N–H and O–H groups in total. The molecule has 0 spiro atoms. The Hall–Kier alpha value is -0.960. The quantitative estimate of drug-likeness (QED) is 0.382. The minimum atomic E-state index is 0.452. The maximum absolute atomic E-state index is 3.58. The maximum Gasteiger partial charge on any atom is 0.0149 e. The molecule has 10 heavy (non-hydrogen) atoms. The first-order chi connectivity index (χ1) is 4.66. The van der Waals surface area contributed by atoms with Gasteiger partial charge in [0, 0.05) is 5.92 Å². The van der Waals surface area contributed by atoms with Crippen molar-refractivity contribution in [2.45, 2.75) is 20.8 Å². The van der Waals surface area contributed by atoms with E-state index >= 15 is 0 Å². The summed E-state index contributed by atoms with van der Waals surface area (Å²) in [5.41, 5.74) is 1.07. The first-order valence-corrected chi connectivity index (χ1v) is 3.47. The van der Waals surface area contributed by atoms with Crippen LogP contribution in [0.15, 0.2) is 24.3 Å². The van der Waals surface area contributed by atoms with Gasteiger partial charge in [-0.25, -0.2) is 0 Å². The van der Waals surface area contributed by atoms with Crippen LogP contribution in [0.25, 0.3) is 0 Å². The summed E-state index contributed by atoms with van der Waals surface area (Å²) in [7, 11) is 0. The van der Waals surface area contributed by atoms with Crippen LogP contribution in [0, 0.1) is 17.8 Å². The number of hydrogen-bond donors (Lipinski definition) is 0. The van der Waals surface area contributed by atoms with Gasteiger partial charge in [-0.05, 0) is 12.5 Å². The average molecular weight is 134 g/mol. The van der Waals surface area contributed by atoms with Gasteiger partial charge in [-0.15, -0.1) is 0 Å². The summed E-state index contributed by atoms with van der Waals surface area (Å²) in [5.74, 6) is 6.54. The van der Waals surface area contributed by atoms with E-state index in [-0.39, 0.29) is 0 Å². The predicted molar refractivity (Wildman–Crippen MR) is 46.6 cm³/mol. The third-order valence-electron chi connectivity index (χ3n) is 0.926. The summed E-state index contributed by atoms with van der Waals surface area (Å²) >= 11 is 0. The Kier molecular flexibility index (Phi) is 4.41. The molecule has 0 saturated heterocycles. The molecule has 0 aromatic rings. The summed E-state index contributed by atoms with van der Waals surface area (Å²) in [5, 5.41) is 0. The summed E-state index contributed by atoms with van der Waals surface area (Å²) in [6, 6.07) is 0. The van der Waals surface area contributed by atoms with Crippen LogP contribution in [0.1, 0.15) is 20.8 Å². The Morgan fingerprint density at radius 3 is 2.50 bits per heavy atom. The molecule has 0 bridgehead atoms. The molecule has 0 heteroatoms. The maximum atomic E-state index is 3.58. The van der Waals surface area contributed by atoms with Crippen LogP contribution < -0.4 is 0 Å². The van der Waals surface area contributed by atoms with Gasteiger partial charge in [-0.3, -0.25) is 0 Å². The van der Waals surface area contributed by atoms with Gasteiger partial charge in [0.2, 0.25) is 0 Å². The molecule has 0 aliphatic carbocycles. The molecule has 0 saturated carbocycles. The van der Waals surface area contributed by atoms with Crippen LogP contribution in [0.2, 0.25) is 0 Å². The van der Waals surface area contributed by atoms with E-state index in [0.29, 0.717) is 5.92 Å². The van der Waals surface area contributed by atoms with Crippen molar-refractivity contribution >= 4 is 0 Å². The molecule has 0 radical (unpaired) electrons. The highest BCUT2D eigenvalue weighted by Crippen LogP contribution is 1.92. The van der Waals surface area contributed by atoms with Gasteiger partial charge in [0.25, 0.3) is 0 Å². The highest BCUT2D eigenvalue weighted by molar-refractivity contribution is 5.29. The lowest BCUT2D eigenvalue weighted by atomic mass is 10.2. The number of hydrogen-bond acceptors (Lipinski definition) is 0. The van der Waals surface area contributed by atoms with Crippen molar-refractivity contribution < 1.29 is 0 Å². The fourth-order valence-electron chi connectivity index (χ4n) is 0.477. The highest BCUT2D eigenvalue weighted by atomic mass is 13.9. The van der Waals surface area contributed by atoms with Gasteiger partial charge in [0.1, 0.15) is 0 Å². The fraction of sp³-hybridized carbons (Fsp3) is 0.400. The van der Waals surface area contributed by atoms with E-state index in [2.05, 4.69) is 32.3 Å². The Balaban J connectivity index is 4.04. The second-order valence-electron chi connectivity index (χ2n) is 2.51. The van der Waals surface area contributed by atoms with Crippen molar-refractivity contribution in [2.24, 2.45) is 5.92 Å². The van der Waals surface area contributed by atoms with E-state index in [1.165, 1.54) is 0 Å². The van der Waals surface area contributed by atoms with E-state index in [1.54, 1.807) is 6.08 Å². The molecule has 0 aliphatic rings. The van der Waals surface area contributed by atoms with Crippen LogP contribution in [0.3, 0.4) is 0 Å². The average Bonchev–Trinajstić information content (AvgIpc) is 1.85. The lowest BCUT2D eigenvalue weighted by Crippen LogP contribution is -1.77. The highest BCUT2D eigenvalue weighted by Gasteiger charge is 1.81. The Morgan fingerprint density at radius 2 is 2.10 bits per heavy atom. The standard InChI is InChI=1S/C10H14/c1-5-6-10(4)8-7-9(2)3/h5-6,9H,1H2,2-4H3/b10-6+. The predicted octanol–water partition coefficient (Wildman–Crippen LogP) is 2.78. The van der Waals surface area contributed by atoms with Gasteiger partial charge in [0.05, 0.1) is 0 Å². The van der Waals surface area contributed by atoms with E-state index in [1.807, 2.05) is 13.0 Å². The molecule has 0 fully saturated rings. The minimum absolute atomic E-state index is 0.452. The van der Waals surface area contributed by atoms with Gasteiger partial charge >= 0.3 is 0 Å². The third kappa shape index (κ3) is 5.18. The smallest absolute Gasteiger partial charge is 0.0149 e.